The first kappa shape index (κ1) is 21.9. The highest BCUT2D eigenvalue weighted by atomic mass is 32.1. The lowest BCUT2D eigenvalue weighted by molar-refractivity contribution is -0.137. The minimum absolute atomic E-state index is 0.196. The monoisotopic (exact) mass is 463 g/mol. The molecule has 0 radical (unpaired) electrons. The summed E-state index contributed by atoms with van der Waals surface area (Å²) in [7, 11) is 0. The van der Waals surface area contributed by atoms with E-state index in [0.29, 0.717) is 23.2 Å². The van der Waals surface area contributed by atoms with Crippen LogP contribution >= 0.6 is 11.3 Å². The first-order valence-corrected chi connectivity index (χ1v) is 12.7. The summed E-state index contributed by atoms with van der Waals surface area (Å²) in [6.45, 7) is 1.56. The molecule has 0 spiro atoms. The third-order valence-electron chi connectivity index (χ3n) is 6.98. The zero-order chi connectivity index (χ0) is 22.8. The van der Waals surface area contributed by atoms with Crippen LogP contribution in [-0.4, -0.2) is 39.9 Å². The van der Waals surface area contributed by atoms with Gasteiger partial charge < -0.3 is 15.3 Å². The summed E-state index contributed by atoms with van der Waals surface area (Å²) in [6, 6.07) is 10.7. The van der Waals surface area contributed by atoms with Gasteiger partial charge in [-0.1, -0.05) is 31.4 Å². The fourth-order valence-corrected chi connectivity index (χ4v) is 6.07. The topological polar surface area (TPSA) is 82.5 Å². The van der Waals surface area contributed by atoms with Crippen molar-refractivity contribution in [3.05, 3.63) is 52.5 Å². The van der Waals surface area contributed by atoms with Gasteiger partial charge >= 0.3 is 0 Å². The van der Waals surface area contributed by atoms with Gasteiger partial charge in [-0.05, 0) is 55.3 Å². The lowest BCUT2D eigenvalue weighted by Crippen LogP contribution is -2.41. The maximum Gasteiger partial charge on any atom is 0.275 e. The van der Waals surface area contributed by atoms with Gasteiger partial charge in [0.05, 0.1) is 5.01 Å². The Bertz CT molecular complexity index is 1160. The molecular weight excluding hydrogens is 434 g/mol. The fraction of sp³-hybridized carbons (Fsp3) is 0.423. The molecule has 1 aliphatic heterocycles. The minimum Gasteiger partial charge on any atom is -0.508 e. The third-order valence-corrected chi connectivity index (χ3v) is 7.98. The Hall–Kier alpha value is -2.93. The molecule has 6 nitrogen and oxygen atoms in total. The number of aromatic nitrogens is 1. The number of anilines is 1. The molecule has 1 aromatic heterocycles. The first-order valence-electron chi connectivity index (χ1n) is 11.9. The number of carbonyl (C=O) groups excluding carboxylic acids is 2. The Kier molecular flexibility index (Phi) is 6.31. The molecule has 5 rings (SSSR count). The molecule has 3 aromatic rings. The molecule has 2 N–H and O–H groups in total. The quantitative estimate of drug-likeness (QED) is 0.532. The number of hydrogen-bond donors (Lipinski definition) is 2. The Morgan fingerprint density at radius 2 is 1.82 bits per heavy atom. The predicted octanol–water partition coefficient (Wildman–Crippen LogP) is 5.54. The van der Waals surface area contributed by atoms with Crippen LogP contribution in [0.5, 0.6) is 5.75 Å². The van der Waals surface area contributed by atoms with Gasteiger partial charge in [-0.25, -0.2) is 4.98 Å². The summed E-state index contributed by atoms with van der Waals surface area (Å²) in [4.78, 5) is 32.4. The van der Waals surface area contributed by atoms with Gasteiger partial charge in [0, 0.05) is 41.4 Å². The van der Waals surface area contributed by atoms with Gasteiger partial charge in [0.25, 0.3) is 5.91 Å². The summed E-state index contributed by atoms with van der Waals surface area (Å²) in [5.41, 5.74) is 1.12. The van der Waals surface area contributed by atoms with Crippen molar-refractivity contribution in [1.29, 1.82) is 0 Å². The number of carbonyl (C=O) groups is 2. The number of thiazole rings is 1. The summed E-state index contributed by atoms with van der Waals surface area (Å²) in [5, 5.41) is 17.2. The van der Waals surface area contributed by atoms with Gasteiger partial charge in [0.15, 0.2) is 0 Å². The van der Waals surface area contributed by atoms with Crippen molar-refractivity contribution in [1.82, 2.24) is 9.88 Å². The average molecular weight is 464 g/mol. The van der Waals surface area contributed by atoms with E-state index >= 15 is 0 Å². The van der Waals surface area contributed by atoms with Gasteiger partial charge in [-0.3, -0.25) is 9.59 Å². The number of piperidine rings is 1. The summed E-state index contributed by atoms with van der Waals surface area (Å²) in [5.74, 6) is 0.830. The van der Waals surface area contributed by atoms with E-state index in [2.05, 4.69) is 10.3 Å². The smallest absolute Gasteiger partial charge is 0.275 e. The number of phenolic OH excluding ortho intramolecular Hbond substituents is 1. The lowest BCUT2D eigenvalue weighted by Gasteiger charge is -2.34. The Labute approximate surface area is 197 Å². The highest BCUT2D eigenvalue weighted by molar-refractivity contribution is 7.10. The van der Waals surface area contributed by atoms with Gasteiger partial charge in [0.2, 0.25) is 5.91 Å². The van der Waals surface area contributed by atoms with Crippen molar-refractivity contribution in [2.24, 2.45) is 5.92 Å². The van der Waals surface area contributed by atoms with E-state index in [9.17, 15) is 14.7 Å². The Morgan fingerprint density at radius 1 is 1.03 bits per heavy atom. The second-order valence-electron chi connectivity index (χ2n) is 9.17. The Balaban J connectivity index is 1.21. The van der Waals surface area contributed by atoms with Crippen LogP contribution in [0.15, 0.2) is 41.8 Å². The maximum atomic E-state index is 12.9. The molecule has 1 saturated heterocycles. The summed E-state index contributed by atoms with van der Waals surface area (Å²) in [6.07, 6.45) is 7.51. The van der Waals surface area contributed by atoms with Crippen LogP contribution in [0.1, 0.15) is 66.4 Å². The van der Waals surface area contributed by atoms with E-state index in [4.69, 9.17) is 0 Å². The van der Waals surface area contributed by atoms with Crippen LogP contribution in [0.4, 0.5) is 5.69 Å². The molecule has 33 heavy (non-hydrogen) atoms. The predicted molar refractivity (Wildman–Crippen MR) is 131 cm³/mol. The van der Waals surface area contributed by atoms with E-state index in [1.165, 1.54) is 30.6 Å². The number of likely N-dealkylation sites (tertiary alicyclic amines) is 1. The largest absolute Gasteiger partial charge is 0.508 e. The SMILES string of the molecule is O=C(Nc1cccc2cc(O)ccc12)c1csc(C2CCN(C(=O)C3CCCCC3)CC2)n1. The second-order valence-corrected chi connectivity index (χ2v) is 10.1. The van der Waals surface area contributed by atoms with Crippen LogP contribution in [0.2, 0.25) is 0 Å². The summed E-state index contributed by atoms with van der Waals surface area (Å²) >= 11 is 1.53. The molecule has 1 aliphatic carbocycles. The number of fused-ring (bicyclic) bond motifs is 1. The molecule has 1 saturated carbocycles. The highest BCUT2D eigenvalue weighted by Crippen LogP contribution is 2.33. The number of benzene rings is 2. The number of nitrogens with one attached hydrogen (secondary N) is 1. The third kappa shape index (κ3) is 4.74. The lowest BCUT2D eigenvalue weighted by atomic mass is 9.87. The molecule has 172 valence electrons. The number of amides is 2. The zero-order valence-corrected chi connectivity index (χ0v) is 19.4. The van der Waals surface area contributed by atoms with Crippen molar-refractivity contribution in [3.63, 3.8) is 0 Å². The average Bonchev–Trinajstić information content (AvgIpc) is 3.35. The standard InChI is InChI=1S/C26H29N3O3S/c30-20-9-10-21-19(15-20)7-4-8-22(21)27-24(31)23-16-33-25(28-23)17-11-13-29(14-12-17)26(32)18-5-2-1-3-6-18/h4,7-10,15-18,30H,1-3,5-6,11-14H2,(H,27,31). The van der Waals surface area contributed by atoms with Crippen LogP contribution in [-0.2, 0) is 4.79 Å². The molecule has 2 amide bonds. The van der Waals surface area contributed by atoms with Gasteiger partial charge in [0.1, 0.15) is 11.4 Å². The van der Waals surface area contributed by atoms with Crippen molar-refractivity contribution >= 4 is 39.6 Å². The van der Waals surface area contributed by atoms with Crippen LogP contribution in [0.25, 0.3) is 10.8 Å². The Morgan fingerprint density at radius 3 is 2.61 bits per heavy atom. The molecule has 0 unspecified atom stereocenters. The van der Waals surface area contributed by atoms with Crippen LogP contribution in [0, 0.1) is 5.92 Å². The molecular formula is C26H29N3O3S. The molecule has 0 atom stereocenters. The van der Waals surface area contributed by atoms with Crippen LogP contribution < -0.4 is 5.32 Å². The van der Waals surface area contributed by atoms with Crippen molar-refractivity contribution in [2.45, 2.75) is 50.9 Å². The maximum absolute atomic E-state index is 12.9. The van der Waals surface area contributed by atoms with Crippen molar-refractivity contribution < 1.29 is 14.7 Å². The molecule has 2 aliphatic rings. The van der Waals surface area contributed by atoms with Gasteiger partial charge in [-0.2, -0.15) is 0 Å². The van der Waals surface area contributed by atoms with E-state index in [1.807, 2.05) is 28.5 Å². The highest BCUT2D eigenvalue weighted by Gasteiger charge is 2.30. The second kappa shape index (κ2) is 9.51. The normalized spacial score (nSPS) is 17.9. The number of aromatic hydroxyl groups is 1. The van der Waals surface area contributed by atoms with E-state index < -0.39 is 0 Å². The molecule has 2 aromatic carbocycles. The molecule has 0 bridgehead atoms. The van der Waals surface area contributed by atoms with Crippen molar-refractivity contribution in [2.75, 3.05) is 18.4 Å². The molecule has 2 fully saturated rings. The molecule has 7 heteroatoms. The van der Waals surface area contributed by atoms with E-state index in [-0.39, 0.29) is 17.6 Å². The number of rotatable bonds is 4. The first-order chi connectivity index (χ1) is 16.1. The zero-order valence-electron chi connectivity index (χ0n) is 18.6. The van der Waals surface area contributed by atoms with Gasteiger partial charge in [-0.15, -0.1) is 11.3 Å². The number of nitrogens with zero attached hydrogens (tertiary/aromatic N) is 2. The minimum atomic E-state index is -0.233. The van der Waals surface area contributed by atoms with Crippen LogP contribution in [0.3, 0.4) is 0 Å². The van der Waals surface area contributed by atoms with E-state index in [1.54, 1.807) is 18.2 Å². The van der Waals surface area contributed by atoms with E-state index in [0.717, 1.165) is 54.6 Å². The number of phenols is 1. The van der Waals surface area contributed by atoms with Crippen molar-refractivity contribution in [3.8, 4) is 5.75 Å². The summed E-state index contributed by atoms with van der Waals surface area (Å²) < 4.78 is 0. The molecule has 2 heterocycles. The fourth-order valence-electron chi connectivity index (χ4n) is 5.10. The number of hydrogen-bond acceptors (Lipinski definition) is 5.